The summed E-state index contributed by atoms with van der Waals surface area (Å²) in [4.78, 5) is 20.8. The number of nitrogens with zero attached hydrogens (tertiary/aromatic N) is 3. The first-order valence-corrected chi connectivity index (χ1v) is 8.66. The average Bonchev–Trinajstić information content (AvgIpc) is 3.16. The molecule has 0 bridgehead atoms. The normalized spacial score (nSPS) is 10.5. The lowest BCUT2D eigenvalue weighted by Crippen LogP contribution is -2.13. The van der Waals surface area contributed by atoms with E-state index in [1.165, 1.54) is 0 Å². The summed E-state index contributed by atoms with van der Waals surface area (Å²) < 4.78 is 4.93. The maximum atomic E-state index is 12.2. The van der Waals surface area contributed by atoms with E-state index in [1.807, 2.05) is 48.5 Å². The minimum absolute atomic E-state index is 0.211. The predicted molar refractivity (Wildman–Crippen MR) is 106 cm³/mol. The lowest BCUT2D eigenvalue weighted by atomic mass is 10.1. The van der Waals surface area contributed by atoms with Crippen molar-refractivity contribution >= 4 is 23.2 Å². The first-order chi connectivity index (χ1) is 13.7. The summed E-state index contributed by atoms with van der Waals surface area (Å²) in [6.07, 6.45) is 3.38. The van der Waals surface area contributed by atoms with Crippen LogP contribution in [0.2, 0.25) is 0 Å². The summed E-state index contributed by atoms with van der Waals surface area (Å²) in [5.41, 5.74) is 3.02. The molecule has 28 heavy (non-hydrogen) atoms. The molecule has 7 heteroatoms. The van der Waals surface area contributed by atoms with Gasteiger partial charge in [-0.05, 0) is 54.4 Å². The summed E-state index contributed by atoms with van der Waals surface area (Å²) in [5.74, 6) is 1.35. The number of benzene rings is 1. The van der Waals surface area contributed by atoms with Gasteiger partial charge in [0.05, 0.1) is 0 Å². The fourth-order valence-electron chi connectivity index (χ4n) is 2.68. The SMILES string of the molecule is Cc1cc(C(=O)Nc2cc(-c3ccnc(Nc4ccccc4)c3)ccn2)no1. The molecule has 3 aromatic heterocycles. The summed E-state index contributed by atoms with van der Waals surface area (Å²) in [7, 11) is 0. The van der Waals surface area contributed by atoms with Crippen LogP contribution in [-0.4, -0.2) is 21.0 Å². The summed E-state index contributed by atoms with van der Waals surface area (Å²) in [6.45, 7) is 1.73. The largest absolute Gasteiger partial charge is 0.361 e. The predicted octanol–water partition coefficient (Wildman–Crippen LogP) is 4.44. The van der Waals surface area contributed by atoms with E-state index >= 15 is 0 Å². The van der Waals surface area contributed by atoms with Gasteiger partial charge in [-0.1, -0.05) is 23.4 Å². The van der Waals surface area contributed by atoms with Crippen molar-refractivity contribution in [1.29, 1.82) is 0 Å². The van der Waals surface area contributed by atoms with Gasteiger partial charge >= 0.3 is 0 Å². The third kappa shape index (κ3) is 4.04. The Morgan fingerprint density at radius 2 is 1.57 bits per heavy atom. The first-order valence-electron chi connectivity index (χ1n) is 8.66. The molecular weight excluding hydrogens is 354 g/mol. The number of pyridine rings is 2. The van der Waals surface area contributed by atoms with E-state index in [2.05, 4.69) is 25.8 Å². The molecule has 0 atom stereocenters. The van der Waals surface area contributed by atoms with Crippen LogP contribution in [-0.2, 0) is 0 Å². The van der Waals surface area contributed by atoms with Gasteiger partial charge in [0, 0.05) is 24.1 Å². The molecular formula is C21H17N5O2. The Morgan fingerprint density at radius 3 is 2.25 bits per heavy atom. The number of anilines is 3. The molecule has 0 radical (unpaired) electrons. The second-order valence-corrected chi connectivity index (χ2v) is 6.13. The molecule has 7 nitrogen and oxygen atoms in total. The zero-order chi connectivity index (χ0) is 19.3. The number of para-hydroxylation sites is 1. The Morgan fingerprint density at radius 1 is 0.893 bits per heavy atom. The molecule has 138 valence electrons. The van der Waals surface area contributed by atoms with Gasteiger partial charge in [0.2, 0.25) is 0 Å². The standard InChI is InChI=1S/C21H17N5O2/c1-14-11-18(26-28-14)21(27)25-20-13-16(8-10-23-20)15-7-9-22-19(12-15)24-17-5-3-2-4-6-17/h2-13H,1H3,(H,22,24)(H,23,25,27). The number of hydrogen-bond donors (Lipinski definition) is 2. The number of hydrogen-bond acceptors (Lipinski definition) is 6. The van der Waals surface area contributed by atoms with Crippen LogP contribution < -0.4 is 10.6 Å². The van der Waals surface area contributed by atoms with Crippen LogP contribution in [0.1, 0.15) is 16.2 Å². The van der Waals surface area contributed by atoms with Crippen molar-refractivity contribution in [3.63, 3.8) is 0 Å². The molecule has 0 fully saturated rings. The van der Waals surface area contributed by atoms with Crippen molar-refractivity contribution in [3.8, 4) is 11.1 Å². The topological polar surface area (TPSA) is 92.9 Å². The van der Waals surface area contributed by atoms with Crippen molar-refractivity contribution in [2.75, 3.05) is 10.6 Å². The number of amides is 1. The molecule has 0 saturated carbocycles. The van der Waals surface area contributed by atoms with Gasteiger partial charge in [0.15, 0.2) is 5.69 Å². The van der Waals surface area contributed by atoms with Crippen molar-refractivity contribution in [2.24, 2.45) is 0 Å². The van der Waals surface area contributed by atoms with Crippen molar-refractivity contribution in [2.45, 2.75) is 6.92 Å². The molecule has 3 heterocycles. The number of nitrogens with one attached hydrogen (secondary N) is 2. The zero-order valence-corrected chi connectivity index (χ0v) is 15.1. The van der Waals surface area contributed by atoms with E-state index in [1.54, 1.807) is 31.5 Å². The van der Waals surface area contributed by atoms with Gasteiger partial charge < -0.3 is 15.2 Å². The summed E-state index contributed by atoms with van der Waals surface area (Å²) >= 11 is 0. The number of aromatic nitrogens is 3. The van der Waals surface area contributed by atoms with Crippen molar-refractivity contribution in [1.82, 2.24) is 15.1 Å². The third-order valence-electron chi connectivity index (χ3n) is 4.00. The van der Waals surface area contributed by atoms with Crippen molar-refractivity contribution < 1.29 is 9.32 Å². The summed E-state index contributed by atoms with van der Waals surface area (Å²) in [5, 5.41) is 9.71. The highest BCUT2D eigenvalue weighted by molar-refractivity contribution is 6.02. The molecule has 1 aromatic carbocycles. The van der Waals surface area contributed by atoms with Crippen LogP contribution in [0.3, 0.4) is 0 Å². The number of carbonyl (C=O) groups is 1. The molecule has 2 N–H and O–H groups in total. The van der Waals surface area contributed by atoms with E-state index in [-0.39, 0.29) is 11.6 Å². The average molecular weight is 371 g/mol. The molecule has 0 saturated heterocycles. The van der Waals surface area contributed by atoms with Gasteiger partial charge in [-0.2, -0.15) is 0 Å². The molecule has 4 aromatic rings. The fourth-order valence-corrected chi connectivity index (χ4v) is 2.68. The highest BCUT2D eigenvalue weighted by atomic mass is 16.5. The van der Waals surface area contributed by atoms with Crippen LogP contribution in [0, 0.1) is 6.92 Å². The monoisotopic (exact) mass is 371 g/mol. The molecule has 0 aliphatic heterocycles. The fraction of sp³-hybridized carbons (Fsp3) is 0.0476. The maximum absolute atomic E-state index is 12.2. The number of rotatable bonds is 5. The molecule has 0 aliphatic carbocycles. The minimum Gasteiger partial charge on any atom is -0.361 e. The highest BCUT2D eigenvalue weighted by Gasteiger charge is 2.12. The lowest BCUT2D eigenvalue weighted by Gasteiger charge is -2.09. The van der Waals surface area contributed by atoms with Gasteiger partial charge in [0.25, 0.3) is 5.91 Å². The Kier molecular flexibility index (Phi) is 4.79. The smallest absolute Gasteiger partial charge is 0.279 e. The van der Waals surface area contributed by atoms with E-state index < -0.39 is 0 Å². The van der Waals surface area contributed by atoms with Gasteiger partial charge in [0.1, 0.15) is 17.4 Å². The lowest BCUT2D eigenvalue weighted by molar-refractivity contribution is 0.101. The second kappa shape index (κ2) is 7.71. The second-order valence-electron chi connectivity index (χ2n) is 6.13. The molecule has 0 spiro atoms. The van der Waals surface area contributed by atoms with E-state index in [0.717, 1.165) is 22.6 Å². The van der Waals surface area contributed by atoms with E-state index in [9.17, 15) is 4.79 Å². The van der Waals surface area contributed by atoms with Gasteiger partial charge in [-0.15, -0.1) is 0 Å². The van der Waals surface area contributed by atoms with Crippen LogP contribution in [0.25, 0.3) is 11.1 Å². The summed E-state index contributed by atoms with van der Waals surface area (Å²) in [6, 6.07) is 18.9. The third-order valence-corrected chi connectivity index (χ3v) is 4.00. The molecule has 4 rings (SSSR count). The minimum atomic E-state index is -0.373. The van der Waals surface area contributed by atoms with Gasteiger partial charge in [-0.3, -0.25) is 4.79 Å². The Bertz CT molecular complexity index is 1110. The maximum Gasteiger partial charge on any atom is 0.279 e. The van der Waals surface area contributed by atoms with Crippen LogP contribution >= 0.6 is 0 Å². The molecule has 0 aliphatic rings. The van der Waals surface area contributed by atoms with E-state index in [0.29, 0.717) is 11.6 Å². The van der Waals surface area contributed by atoms with Crippen LogP contribution in [0.5, 0.6) is 0 Å². The number of aryl methyl sites for hydroxylation is 1. The first kappa shape index (κ1) is 17.4. The van der Waals surface area contributed by atoms with Gasteiger partial charge in [-0.25, -0.2) is 9.97 Å². The molecule has 1 amide bonds. The molecule has 0 unspecified atom stereocenters. The Hall–Kier alpha value is -4.00. The zero-order valence-electron chi connectivity index (χ0n) is 15.1. The van der Waals surface area contributed by atoms with Crippen LogP contribution in [0.15, 0.2) is 77.6 Å². The Balaban J connectivity index is 1.54. The highest BCUT2D eigenvalue weighted by Crippen LogP contribution is 2.24. The number of carbonyl (C=O) groups excluding carboxylic acids is 1. The Labute approximate surface area is 161 Å². The quantitative estimate of drug-likeness (QED) is 0.539. The van der Waals surface area contributed by atoms with Crippen LogP contribution in [0.4, 0.5) is 17.3 Å². The van der Waals surface area contributed by atoms with Crippen molar-refractivity contribution in [3.05, 3.63) is 84.5 Å². The van der Waals surface area contributed by atoms with E-state index in [4.69, 9.17) is 4.52 Å².